The highest BCUT2D eigenvalue weighted by atomic mass is 32.2. The van der Waals surface area contributed by atoms with Gasteiger partial charge >= 0.3 is 0 Å². The van der Waals surface area contributed by atoms with Crippen molar-refractivity contribution in [2.75, 3.05) is 13.3 Å². The van der Waals surface area contributed by atoms with E-state index in [0.29, 0.717) is 12.3 Å². The van der Waals surface area contributed by atoms with Crippen LogP contribution in [0.2, 0.25) is 0 Å². The molecule has 25 heavy (non-hydrogen) atoms. The first-order valence-electron chi connectivity index (χ1n) is 7.62. The molecule has 1 aromatic carbocycles. The highest BCUT2D eigenvalue weighted by Gasteiger charge is 2.18. The van der Waals surface area contributed by atoms with E-state index >= 15 is 0 Å². The molecule has 1 amide bonds. The lowest BCUT2D eigenvalue weighted by atomic mass is 10.3. The molecule has 0 aliphatic heterocycles. The second kappa shape index (κ2) is 7.89. The van der Waals surface area contributed by atoms with Gasteiger partial charge < -0.3 is 14.2 Å². The van der Waals surface area contributed by atoms with E-state index in [1.54, 1.807) is 36.0 Å². The predicted molar refractivity (Wildman–Crippen MR) is 93.4 cm³/mol. The Bertz CT molecular complexity index is 832. The predicted octanol–water partition coefficient (Wildman–Crippen LogP) is 2.97. The van der Waals surface area contributed by atoms with Crippen molar-refractivity contribution in [2.45, 2.75) is 18.0 Å². The number of hydrogen-bond acceptors (Lipinski definition) is 6. The summed E-state index contributed by atoms with van der Waals surface area (Å²) in [5.74, 6) is 1.04. The summed E-state index contributed by atoms with van der Waals surface area (Å²) in [5.41, 5.74) is 1.09. The van der Waals surface area contributed by atoms with Crippen LogP contribution in [0.25, 0.3) is 0 Å². The number of carbonyl (C=O) groups excluding carboxylic acids is 1. The summed E-state index contributed by atoms with van der Waals surface area (Å²) in [6.45, 7) is 0.626. The van der Waals surface area contributed by atoms with Crippen LogP contribution in [0.4, 0.5) is 0 Å². The van der Waals surface area contributed by atoms with E-state index in [4.69, 9.17) is 9.26 Å². The highest BCUT2D eigenvalue weighted by molar-refractivity contribution is 7.98. The number of H-pyrrole nitrogens is 1. The van der Waals surface area contributed by atoms with E-state index < -0.39 is 0 Å². The van der Waals surface area contributed by atoms with Gasteiger partial charge in [-0.05, 0) is 24.5 Å². The molecule has 2 aromatic heterocycles. The fourth-order valence-corrected chi connectivity index (χ4v) is 2.81. The van der Waals surface area contributed by atoms with Gasteiger partial charge in [0.2, 0.25) is 0 Å². The van der Waals surface area contributed by atoms with Crippen LogP contribution >= 0.6 is 11.8 Å². The Balaban J connectivity index is 1.61. The summed E-state index contributed by atoms with van der Waals surface area (Å²) in [7, 11) is 1.70. The van der Waals surface area contributed by atoms with E-state index in [1.807, 2.05) is 36.6 Å². The van der Waals surface area contributed by atoms with Crippen molar-refractivity contribution < 1.29 is 14.1 Å². The average molecular weight is 358 g/mol. The Labute approximate surface area is 149 Å². The Morgan fingerprint density at radius 1 is 1.36 bits per heavy atom. The fraction of sp³-hybridized carbons (Fsp3) is 0.235. The molecule has 0 unspecified atom stereocenters. The zero-order valence-electron chi connectivity index (χ0n) is 13.9. The first-order chi connectivity index (χ1) is 12.2. The molecule has 1 N–H and O–H groups in total. The second-order valence-electron chi connectivity index (χ2n) is 5.36. The Morgan fingerprint density at radius 3 is 2.96 bits per heavy atom. The van der Waals surface area contributed by atoms with Gasteiger partial charge in [0.15, 0.2) is 11.5 Å². The average Bonchev–Trinajstić information content (AvgIpc) is 3.31. The van der Waals surface area contributed by atoms with E-state index in [0.717, 1.165) is 16.3 Å². The molecule has 0 spiro atoms. The second-order valence-corrected chi connectivity index (χ2v) is 6.21. The molecule has 0 saturated carbocycles. The van der Waals surface area contributed by atoms with Gasteiger partial charge in [-0.25, -0.2) is 0 Å². The van der Waals surface area contributed by atoms with Crippen LogP contribution in [0.15, 0.2) is 52.0 Å². The largest absolute Gasteiger partial charge is 0.484 e. The van der Waals surface area contributed by atoms with Crippen molar-refractivity contribution in [1.82, 2.24) is 20.3 Å². The Hall–Kier alpha value is -2.74. The van der Waals surface area contributed by atoms with Crippen molar-refractivity contribution >= 4 is 17.7 Å². The number of amides is 1. The number of aromatic nitrogens is 3. The number of para-hydroxylation sites is 1. The minimum absolute atomic E-state index is 0.210. The van der Waals surface area contributed by atoms with E-state index in [-0.39, 0.29) is 18.2 Å². The summed E-state index contributed by atoms with van der Waals surface area (Å²) in [6.07, 6.45) is 3.63. The minimum atomic E-state index is -0.228. The SMILES string of the molecule is CSc1ccccc1OCc1cc(C(=O)N(C)Cc2ccn[nH]2)no1. The molecule has 0 fully saturated rings. The van der Waals surface area contributed by atoms with Crippen LogP contribution in [0.5, 0.6) is 5.75 Å². The molecule has 0 saturated heterocycles. The van der Waals surface area contributed by atoms with Gasteiger partial charge in [0.05, 0.1) is 12.2 Å². The molecule has 0 atom stereocenters. The van der Waals surface area contributed by atoms with Gasteiger partial charge in [-0.15, -0.1) is 11.8 Å². The molecule has 2 heterocycles. The highest BCUT2D eigenvalue weighted by Crippen LogP contribution is 2.27. The number of nitrogens with one attached hydrogen (secondary N) is 1. The Morgan fingerprint density at radius 2 is 2.20 bits per heavy atom. The first kappa shape index (κ1) is 17.1. The van der Waals surface area contributed by atoms with Gasteiger partial charge in [0.25, 0.3) is 5.91 Å². The standard InChI is InChI=1S/C17H18N4O3S/c1-21(10-12-7-8-18-19-12)17(22)14-9-13(24-20-14)11-23-15-5-3-4-6-16(15)25-2/h3-9H,10-11H2,1-2H3,(H,18,19). The zero-order valence-corrected chi connectivity index (χ0v) is 14.7. The fourth-order valence-electron chi connectivity index (χ4n) is 2.26. The quantitative estimate of drug-likeness (QED) is 0.654. The molecule has 0 radical (unpaired) electrons. The molecule has 130 valence electrons. The summed E-state index contributed by atoms with van der Waals surface area (Å²) in [4.78, 5) is 15.0. The number of aromatic amines is 1. The number of rotatable bonds is 7. The van der Waals surface area contributed by atoms with Crippen molar-refractivity contribution in [1.29, 1.82) is 0 Å². The summed E-state index contributed by atoms with van der Waals surface area (Å²) in [6, 6.07) is 11.2. The lowest BCUT2D eigenvalue weighted by Crippen LogP contribution is -2.26. The van der Waals surface area contributed by atoms with Crippen LogP contribution in [0, 0.1) is 0 Å². The van der Waals surface area contributed by atoms with Gasteiger partial charge in [0.1, 0.15) is 12.4 Å². The number of ether oxygens (including phenoxy) is 1. The zero-order chi connectivity index (χ0) is 17.6. The summed E-state index contributed by atoms with van der Waals surface area (Å²) in [5, 5.41) is 10.5. The summed E-state index contributed by atoms with van der Waals surface area (Å²) >= 11 is 1.61. The number of carbonyl (C=O) groups is 1. The van der Waals surface area contributed by atoms with E-state index in [1.165, 1.54) is 0 Å². The van der Waals surface area contributed by atoms with Gasteiger partial charge in [0, 0.05) is 24.2 Å². The molecule has 3 aromatic rings. The monoisotopic (exact) mass is 358 g/mol. The van der Waals surface area contributed by atoms with Gasteiger partial charge in [-0.2, -0.15) is 5.10 Å². The molecular formula is C17H18N4O3S. The first-order valence-corrected chi connectivity index (χ1v) is 8.85. The normalized spacial score (nSPS) is 10.6. The minimum Gasteiger partial charge on any atom is -0.484 e. The molecule has 8 heteroatoms. The molecular weight excluding hydrogens is 340 g/mol. The number of hydrogen-bond donors (Lipinski definition) is 1. The maximum Gasteiger partial charge on any atom is 0.276 e. The number of nitrogens with zero attached hydrogens (tertiary/aromatic N) is 3. The van der Waals surface area contributed by atoms with Gasteiger partial charge in [-0.3, -0.25) is 9.89 Å². The van der Waals surface area contributed by atoms with E-state index in [9.17, 15) is 4.79 Å². The third-order valence-corrected chi connectivity index (χ3v) is 4.31. The summed E-state index contributed by atoms with van der Waals surface area (Å²) < 4.78 is 11.0. The van der Waals surface area contributed by atoms with Crippen LogP contribution in [-0.4, -0.2) is 39.5 Å². The molecule has 7 nitrogen and oxygen atoms in total. The molecule has 3 rings (SSSR count). The molecule has 0 bridgehead atoms. The number of benzene rings is 1. The van der Waals surface area contributed by atoms with Gasteiger partial charge in [-0.1, -0.05) is 17.3 Å². The lowest BCUT2D eigenvalue weighted by Gasteiger charge is -2.13. The van der Waals surface area contributed by atoms with Crippen LogP contribution in [0.3, 0.4) is 0 Å². The maximum atomic E-state index is 12.4. The maximum absolute atomic E-state index is 12.4. The van der Waals surface area contributed by atoms with Crippen LogP contribution < -0.4 is 4.74 Å². The number of thioether (sulfide) groups is 1. The third kappa shape index (κ3) is 4.21. The van der Waals surface area contributed by atoms with Crippen LogP contribution in [-0.2, 0) is 13.2 Å². The molecule has 0 aliphatic carbocycles. The van der Waals surface area contributed by atoms with Crippen LogP contribution in [0.1, 0.15) is 21.9 Å². The smallest absolute Gasteiger partial charge is 0.276 e. The molecule has 0 aliphatic rings. The lowest BCUT2D eigenvalue weighted by molar-refractivity contribution is 0.0772. The Kier molecular flexibility index (Phi) is 5.39. The topological polar surface area (TPSA) is 84.2 Å². The van der Waals surface area contributed by atoms with E-state index in [2.05, 4.69) is 15.4 Å². The van der Waals surface area contributed by atoms with Crippen molar-refractivity contribution in [3.63, 3.8) is 0 Å². The van der Waals surface area contributed by atoms with Crippen molar-refractivity contribution in [2.24, 2.45) is 0 Å². The van der Waals surface area contributed by atoms with Crippen molar-refractivity contribution in [3.8, 4) is 5.75 Å². The van der Waals surface area contributed by atoms with Crippen molar-refractivity contribution in [3.05, 3.63) is 59.7 Å². The third-order valence-electron chi connectivity index (χ3n) is 3.53.